The van der Waals surface area contributed by atoms with Gasteiger partial charge in [0.05, 0.1) is 23.3 Å². The second-order valence-corrected chi connectivity index (χ2v) is 9.41. The van der Waals surface area contributed by atoms with E-state index < -0.39 is 23.2 Å². The van der Waals surface area contributed by atoms with Gasteiger partial charge in [-0.05, 0) is 45.0 Å². The topological polar surface area (TPSA) is 102 Å². The molecule has 3 aromatic rings. The van der Waals surface area contributed by atoms with Crippen LogP contribution in [0, 0.1) is 16.8 Å². The molecule has 1 aliphatic heterocycles. The predicted molar refractivity (Wildman–Crippen MR) is 131 cm³/mol. The van der Waals surface area contributed by atoms with Crippen LogP contribution in [0.25, 0.3) is 0 Å². The average molecular weight is 512 g/mol. The van der Waals surface area contributed by atoms with Gasteiger partial charge >= 0.3 is 0 Å². The molecule has 1 fully saturated rings. The van der Waals surface area contributed by atoms with Crippen molar-refractivity contribution >= 4 is 17.6 Å². The number of anilines is 1. The van der Waals surface area contributed by atoms with Crippen LogP contribution >= 0.6 is 0 Å². The largest absolute Gasteiger partial charge is 0.619 e. The smallest absolute Gasteiger partial charge is 0.254 e. The number of aromatic nitrogens is 2. The third-order valence-electron chi connectivity index (χ3n) is 6.27. The molecule has 1 N–H and O–H groups in total. The van der Waals surface area contributed by atoms with Gasteiger partial charge in [-0.15, -0.1) is 0 Å². The number of halogens is 2. The van der Waals surface area contributed by atoms with E-state index in [1.165, 1.54) is 36.8 Å². The van der Waals surface area contributed by atoms with Gasteiger partial charge in [-0.3, -0.25) is 14.5 Å². The van der Waals surface area contributed by atoms with Crippen molar-refractivity contribution in [2.75, 3.05) is 25.0 Å². The van der Waals surface area contributed by atoms with Crippen LogP contribution in [0.15, 0.2) is 61.1 Å². The number of ether oxygens (including phenoxy) is 1. The van der Waals surface area contributed by atoms with Crippen LogP contribution in [-0.4, -0.2) is 57.8 Å². The van der Waals surface area contributed by atoms with Crippen LogP contribution in [0.2, 0.25) is 0 Å². The second kappa shape index (κ2) is 10.5. The number of nitrogens with one attached hydrogen (secondary N) is 1. The summed E-state index contributed by atoms with van der Waals surface area (Å²) in [4.78, 5) is 33.9. The minimum absolute atomic E-state index is 0.118. The number of carbonyl (C=O) groups excluding carboxylic acids is 2. The monoisotopic (exact) mass is 511 g/mol. The molecular formula is C26H27F2N5O4. The Kier molecular flexibility index (Phi) is 7.35. The molecule has 1 saturated heterocycles. The number of amides is 2. The highest BCUT2D eigenvalue weighted by Gasteiger charge is 2.39. The lowest BCUT2D eigenvalue weighted by Crippen LogP contribution is -2.63. The second-order valence-electron chi connectivity index (χ2n) is 9.41. The highest BCUT2D eigenvalue weighted by molar-refractivity contribution is 5.95. The molecule has 0 bridgehead atoms. The van der Waals surface area contributed by atoms with E-state index in [0.717, 1.165) is 12.1 Å². The van der Waals surface area contributed by atoms with Gasteiger partial charge in [-0.25, -0.2) is 13.8 Å². The van der Waals surface area contributed by atoms with Gasteiger partial charge in [0.1, 0.15) is 17.3 Å². The number of rotatable bonds is 6. The zero-order valence-electron chi connectivity index (χ0n) is 20.6. The zero-order chi connectivity index (χ0) is 26.7. The molecule has 11 heteroatoms. The molecule has 4 rings (SSSR count). The van der Waals surface area contributed by atoms with Gasteiger partial charge in [-0.2, -0.15) is 4.73 Å². The lowest BCUT2D eigenvalue weighted by atomic mass is 9.96. The highest BCUT2D eigenvalue weighted by Crippen LogP contribution is 2.26. The molecule has 0 radical (unpaired) electrons. The summed E-state index contributed by atoms with van der Waals surface area (Å²) in [6.45, 7) is 7.04. The molecule has 0 spiro atoms. The molecule has 194 valence electrons. The van der Waals surface area contributed by atoms with Crippen molar-refractivity contribution in [3.8, 4) is 11.5 Å². The lowest BCUT2D eigenvalue weighted by molar-refractivity contribution is -0.605. The average Bonchev–Trinajstić information content (AvgIpc) is 2.86. The molecule has 0 aliphatic carbocycles. The fourth-order valence-corrected chi connectivity index (χ4v) is 4.20. The van der Waals surface area contributed by atoms with E-state index in [1.54, 1.807) is 24.0 Å². The van der Waals surface area contributed by atoms with E-state index in [-0.39, 0.29) is 17.6 Å². The third-order valence-corrected chi connectivity index (χ3v) is 6.27. The highest BCUT2D eigenvalue weighted by atomic mass is 19.2. The standard InChI is InChI=1S/C26H27F2N5O4/c1-17(31-12-13-33(26(2,3)16-31)25(35)18-8-10-32(36)11-9-18)24(34)30-23-7-5-20(15-29-23)37-19-4-6-21(27)22(28)14-19/h4-11,14-15,17H,12-13,16H2,1-3H3,(H,29,30,34). The molecule has 1 aliphatic rings. The lowest BCUT2D eigenvalue weighted by Gasteiger charge is -2.48. The van der Waals surface area contributed by atoms with Crippen molar-refractivity contribution in [1.29, 1.82) is 0 Å². The van der Waals surface area contributed by atoms with E-state index in [9.17, 15) is 23.6 Å². The predicted octanol–water partition coefficient (Wildman–Crippen LogP) is 3.35. The summed E-state index contributed by atoms with van der Waals surface area (Å²) in [5.41, 5.74) is -0.119. The first kappa shape index (κ1) is 26.0. The SMILES string of the molecule is CC(C(=O)Nc1ccc(Oc2ccc(F)c(F)c2)cn1)N1CCN(C(=O)c2cc[n+]([O-])cc2)C(C)(C)C1. The molecule has 3 heterocycles. The van der Waals surface area contributed by atoms with Gasteiger partial charge in [0, 0.05) is 37.8 Å². The fraction of sp³-hybridized carbons (Fsp3) is 0.308. The summed E-state index contributed by atoms with van der Waals surface area (Å²) in [7, 11) is 0. The van der Waals surface area contributed by atoms with Crippen LogP contribution in [0.4, 0.5) is 14.6 Å². The molecule has 37 heavy (non-hydrogen) atoms. The van der Waals surface area contributed by atoms with E-state index in [4.69, 9.17) is 4.74 Å². The Bertz CT molecular complexity index is 1290. The maximum atomic E-state index is 13.4. The first-order chi connectivity index (χ1) is 17.5. The maximum Gasteiger partial charge on any atom is 0.254 e. The molecule has 9 nitrogen and oxygen atoms in total. The van der Waals surface area contributed by atoms with Crippen LogP contribution in [0.3, 0.4) is 0 Å². The molecule has 1 atom stereocenters. The number of carbonyl (C=O) groups is 2. The minimum Gasteiger partial charge on any atom is -0.619 e. The normalized spacial score (nSPS) is 16.2. The molecule has 1 unspecified atom stereocenters. The molecule has 1 aromatic carbocycles. The number of pyridine rings is 2. The molecule has 0 saturated carbocycles. The molecular weight excluding hydrogens is 484 g/mol. The first-order valence-electron chi connectivity index (χ1n) is 11.7. The van der Waals surface area contributed by atoms with E-state index in [1.807, 2.05) is 18.7 Å². The summed E-state index contributed by atoms with van der Waals surface area (Å²) in [5, 5.41) is 14.1. The maximum absolute atomic E-state index is 13.4. The number of piperazine rings is 1. The Morgan fingerprint density at radius 1 is 1.08 bits per heavy atom. The Labute approximate surface area is 212 Å². The van der Waals surface area contributed by atoms with Gasteiger partial charge < -0.3 is 20.2 Å². The van der Waals surface area contributed by atoms with E-state index in [0.29, 0.717) is 41.5 Å². The summed E-state index contributed by atoms with van der Waals surface area (Å²) in [5.74, 6) is -1.70. The van der Waals surface area contributed by atoms with Crippen molar-refractivity contribution in [3.63, 3.8) is 0 Å². The van der Waals surface area contributed by atoms with Crippen LogP contribution in [0.1, 0.15) is 31.1 Å². The van der Waals surface area contributed by atoms with Crippen molar-refractivity contribution in [3.05, 3.63) is 83.5 Å². The zero-order valence-corrected chi connectivity index (χ0v) is 20.6. The van der Waals surface area contributed by atoms with Crippen molar-refractivity contribution in [1.82, 2.24) is 14.8 Å². The van der Waals surface area contributed by atoms with Gasteiger partial charge in [0.15, 0.2) is 24.0 Å². The summed E-state index contributed by atoms with van der Waals surface area (Å²) in [6.07, 6.45) is 3.95. The number of nitrogens with zero attached hydrogens (tertiary/aromatic N) is 4. The first-order valence-corrected chi connectivity index (χ1v) is 11.7. The molecule has 2 aromatic heterocycles. The Balaban J connectivity index is 1.34. The fourth-order valence-electron chi connectivity index (χ4n) is 4.20. The number of hydrogen-bond acceptors (Lipinski definition) is 6. The number of benzene rings is 1. The summed E-state index contributed by atoms with van der Waals surface area (Å²) >= 11 is 0. The summed E-state index contributed by atoms with van der Waals surface area (Å²) < 4.78 is 32.5. The van der Waals surface area contributed by atoms with Crippen molar-refractivity contribution in [2.45, 2.75) is 32.4 Å². The Hall–Kier alpha value is -4.12. The Morgan fingerprint density at radius 3 is 2.41 bits per heavy atom. The van der Waals surface area contributed by atoms with Crippen molar-refractivity contribution < 1.29 is 27.8 Å². The summed E-state index contributed by atoms with van der Waals surface area (Å²) in [6, 6.07) is 8.80. The van der Waals surface area contributed by atoms with Gasteiger partial charge in [0.2, 0.25) is 5.91 Å². The van der Waals surface area contributed by atoms with Gasteiger partial charge in [-0.1, -0.05) is 0 Å². The van der Waals surface area contributed by atoms with Crippen molar-refractivity contribution in [2.24, 2.45) is 0 Å². The van der Waals surface area contributed by atoms with Crippen LogP contribution in [0.5, 0.6) is 11.5 Å². The van der Waals surface area contributed by atoms with Crippen LogP contribution in [-0.2, 0) is 4.79 Å². The quantitative estimate of drug-likeness (QED) is 0.402. The third kappa shape index (κ3) is 6.00. The van der Waals surface area contributed by atoms with Gasteiger partial charge in [0.25, 0.3) is 5.91 Å². The number of hydrogen-bond donors (Lipinski definition) is 1. The van der Waals surface area contributed by atoms with E-state index >= 15 is 0 Å². The van der Waals surface area contributed by atoms with E-state index in [2.05, 4.69) is 10.3 Å². The minimum atomic E-state index is -1.02. The van der Waals surface area contributed by atoms with Crippen LogP contribution < -0.4 is 14.8 Å². The Morgan fingerprint density at radius 2 is 1.78 bits per heavy atom. The molecule has 2 amide bonds.